The molecule has 0 aliphatic carbocycles. The first-order chi connectivity index (χ1) is 5.70. The number of alkyl halides is 3. The van der Waals surface area contributed by atoms with Gasteiger partial charge in [0, 0.05) is 12.4 Å². The van der Waals surface area contributed by atoms with Gasteiger partial charge in [-0.3, -0.25) is 4.90 Å². The standard InChI is InChI=1S/C7H14ClF2NO/c8-2-1-3-11(4-5-12)6-7(9)10/h7,12H,1-6H2. The predicted octanol–water partition coefficient (Wildman–Crippen LogP) is 1.17. The van der Waals surface area contributed by atoms with Crippen LogP contribution in [0.3, 0.4) is 0 Å². The van der Waals surface area contributed by atoms with E-state index in [4.69, 9.17) is 16.7 Å². The van der Waals surface area contributed by atoms with Crippen molar-refractivity contribution < 1.29 is 13.9 Å². The summed E-state index contributed by atoms with van der Waals surface area (Å²) in [7, 11) is 0. The third-order valence-corrected chi connectivity index (χ3v) is 1.69. The van der Waals surface area contributed by atoms with Crippen molar-refractivity contribution in [2.75, 3.05) is 32.1 Å². The van der Waals surface area contributed by atoms with E-state index in [1.165, 1.54) is 4.90 Å². The largest absolute Gasteiger partial charge is 0.395 e. The summed E-state index contributed by atoms with van der Waals surface area (Å²) in [5.74, 6) is 0.463. The maximum absolute atomic E-state index is 11.9. The lowest BCUT2D eigenvalue weighted by Gasteiger charge is -2.19. The highest BCUT2D eigenvalue weighted by molar-refractivity contribution is 6.17. The van der Waals surface area contributed by atoms with Crippen molar-refractivity contribution in [3.63, 3.8) is 0 Å². The Bertz CT molecular complexity index is 105. The monoisotopic (exact) mass is 201 g/mol. The van der Waals surface area contributed by atoms with Gasteiger partial charge in [0.15, 0.2) is 0 Å². The zero-order chi connectivity index (χ0) is 9.40. The van der Waals surface area contributed by atoms with Gasteiger partial charge in [0.25, 0.3) is 6.43 Å². The fourth-order valence-electron chi connectivity index (χ4n) is 0.914. The molecule has 0 atom stereocenters. The van der Waals surface area contributed by atoms with Gasteiger partial charge >= 0.3 is 0 Å². The van der Waals surface area contributed by atoms with Crippen LogP contribution in [-0.4, -0.2) is 48.6 Å². The van der Waals surface area contributed by atoms with Gasteiger partial charge in [-0.2, -0.15) is 0 Å². The van der Waals surface area contributed by atoms with E-state index in [1.54, 1.807) is 0 Å². The summed E-state index contributed by atoms with van der Waals surface area (Å²) in [5.41, 5.74) is 0. The summed E-state index contributed by atoms with van der Waals surface area (Å²) < 4.78 is 23.8. The molecule has 0 saturated carbocycles. The van der Waals surface area contributed by atoms with Crippen LogP contribution in [-0.2, 0) is 0 Å². The van der Waals surface area contributed by atoms with E-state index in [0.29, 0.717) is 25.4 Å². The van der Waals surface area contributed by atoms with E-state index < -0.39 is 6.43 Å². The van der Waals surface area contributed by atoms with E-state index in [1.807, 2.05) is 0 Å². The van der Waals surface area contributed by atoms with Gasteiger partial charge in [-0.05, 0) is 13.0 Å². The van der Waals surface area contributed by atoms with Crippen LogP contribution in [0.2, 0.25) is 0 Å². The lowest BCUT2D eigenvalue weighted by atomic mass is 10.4. The Kier molecular flexibility index (Phi) is 7.75. The first kappa shape index (κ1) is 12.1. The minimum atomic E-state index is -2.34. The van der Waals surface area contributed by atoms with Crippen LogP contribution in [0.1, 0.15) is 6.42 Å². The average molecular weight is 202 g/mol. The van der Waals surface area contributed by atoms with Crippen molar-refractivity contribution >= 4 is 11.6 Å². The molecule has 1 N–H and O–H groups in total. The van der Waals surface area contributed by atoms with Crippen LogP contribution in [0.5, 0.6) is 0 Å². The molecule has 0 aromatic rings. The van der Waals surface area contributed by atoms with Gasteiger partial charge < -0.3 is 5.11 Å². The minimum absolute atomic E-state index is 0.0883. The zero-order valence-corrected chi connectivity index (χ0v) is 7.60. The van der Waals surface area contributed by atoms with E-state index in [9.17, 15) is 8.78 Å². The normalized spacial score (nSPS) is 11.5. The van der Waals surface area contributed by atoms with Gasteiger partial charge in [-0.1, -0.05) is 0 Å². The Labute approximate surface area is 76.1 Å². The first-order valence-electron chi connectivity index (χ1n) is 3.88. The summed E-state index contributed by atoms with van der Waals surface area (Å²) >= 11 is 5.41. The minimum Gasteiger partial charge on any atom is -0.395 e. The predicted molar refractivity (Wildman–Crippen MR) is 44.9 cm³/mol. The van der Waals surface area contributed by atoms with Crippen LogP contribution in [0.25, 0.3) is 0 Å². The molecule has 0 bridgehead atoms. The molecule has 12 heavy (non-hydrogen) atoms. The highest BCUT2D eigenvalue weighted by atomic mass is 35.5. The third kappa shape index (κ3) is 6.76. The molecular weight excluding hydrogens is 188 g/mol. The second-order valence-corrected chi connectivity index (χ2v) is 2.84. The molecule has 5 heteroatoms. The van der Waals surface area contributed by atoms with Crippen molar-refractivity contribution in [2.45, 2.75) is 12.8 Å². The Balaban J connectivity index is 3.54. The van der Waals surface area contributed by atoms with Gasteiger partial charge in [-0.25, -0.2) is 8.78 Å². The van der Waals surface area contributed by atoms with Crippen molar-refractivity contribution in [3.05, 3.63) is 0 Å². The Morgan fingerprint density at radius 2 is 2.00 bits per heavy atom. The molecule has 0 amide bonds. The molecule has 0 heterocycles. The topological polar surface area (TPSA) is 23.5 Å². The third-order valence-electron chi connectivity index (χ3n) is 1.42. The number of hydrogen-bond donors (Lipinski definition) is 1. The van der Waals surface area contributed by atoms with Crippen molar-refractivity contribution in [1.29, 1.82) is 0 Å². The van der Waals surface area contributed by atoms with E-state index >= 15 is 0 Å². The summed E-state index contributed by atoms with van der Waals surface area (Å²) in [6.07, 6.45) is -1.67. The van der Waals surface area contributed by atoms with E-state index in [-0.39, 0.29) is 13.2 Å². The SMILES string of the molecule is OCCN(CCCCl)CC(F)F. The molecule has 0 rings (SSSR count). The highest BCUT2D eigenvalue weighted by Crippen LogP contribution is 1.99. The number of aliphatic hydroxyl groups is 1. The summed E-state index contributed by atoms with van der Waals surface area (Å²) in [4.78, 5) is 1.51. The molecule has 0 aromatic heterocycles. The van der Waals surface area contributed by atoms with Gasteiger partial charge in [0.2, 0.25) is 0 Å². The number of aliphatic hydroxyl groups excluding tert-OH is 1. The molecule has 0 radical (unpaired) electrons. The highest BCUT2D eigenvalue weighted by Gasteiger charge is 2.10. The quantitative estimate of drug-likeness (QED) is 0.626. The van der Waals surface area contributed by atoms with Crippen LogP contribution >= 0.6 is 11.6 Å². The number of nitrogens with zero attached hydrogens (tertiary/aromatic N) is 1. The summed E-state index contributed by atoms with van der Waals surface area (Å²) in [6, 6.07) is 0. The average Bonchev–Trinajstić information content (AvgIpc) is 2.00. The molecule has 0 spiro atoms. The molecule has 74 valence electrons. The van der Waals surface area contributed by atoms with Gasteiger partial charge in [-0.15, -0.1) is 11.6 Å². The smallest absolute Gasteiger partial charge is 0.251 e. The van der Waals surface area contributed by atoms with Gasteiger partial charge in [0.1, 0.15) is 0 Å². The molecule has 0 aromatic carbocycles. The summed E-state index contributed by atoms with van der Waals surface area (Å²) in [5, 5.41) is 8.53. The molecule has 0 unspecified atom stereocenters. The maximum Gasteiger partial charge on any atom is 0.251 e. The Morgan fingerprint density at radius 3 is 2.42 bits per heavy atom. The lowest BCUT2D eigenvalue weighted by Crippen LogP contribution is -2.32. The molecule has 0 aliphatic heterocycles. The van der Waals surface area contributed by atoms with Crippen LogP contribution < -0.4 is 0 Å². The van der Waals surface area contributed by atoms with Crippen molar-refractivity contribution in [3.8, 4) is 0 Å². The molecule has 0 aliphatic rings. The zero-order valence-electron chi connectivity index (χ0n) is 6.85. The van der Waals surface area contributed by atoms with Crippen LogP contribution in [0.15, 0.2) is 0 Å². The number of halogens is 3. The number of rotatable bonds is 7. The van der Waals surface area contributed by atoms with E-state index in [2.05, 4.69) is 0 Å². The molecular formula is C7H14ClF2NO. The summed E-state index contributed by atoms with van der Waals surface area (Å²) in [6.45, 7) is 0.447. The number of hydrogen-bond acceptors (Lipinski definition) is 2. The first-order valence-corrected chi connectivity index (χ1v) is 4.41. The van der Waals surface area contributed by atoms with Gasteiger partial charge in [0.05, 0.1) is 13.2 Å². The molecule has 2 nitrogen and oxygen atoms in total. The fourth-order valence-corrected chi connectivity index (χ4v) is 1.03. The fraction of sp³-hybridized carbons (Fsp3) is 1.00. The second-order valence-electron chi connectivity index (χ2n) is 2.46. The van der Waals surface area contributed by atoms with E-state index in [0.717, 1.165) is 0 Å². The molecule has 0 saturated heterocycles. The lowest BCUT2D eigenvalue weighted by molar-refractivity contribution is 0.0785. The molecule has 0 fully saturated rings. The van der Waals surface area contributed by atoms with Crippen LogP contribution in [0, 0.1) is 0 Å². The second kappa shape index (κ2) is 7.71. The maximum atomic E-state index is 11.9. The Morgan fingerprint density at radius 1 is 1.33 bits per heavy atom. The Hall–Kier alpha value is 0.0700. The van der Waals surface area contributed by atoms with Crippen LogP contribution in [0.4, 0.5) is 8.78 Å². The van der Waals surface area contributed by atoms with Crippen molar-refractivity contribution in [1.82, 2.24) is 4.90 Å². The van der Waals surface area contributed by atoms with Crippen molar-refractivity contribution in [2.24, 2.45) is 0 Å².